The molecule has 7 nitrogen and oxygen atoms in total. The van der Waals surface area contributed by atoms with Crippen molar-refractivity contribution in [2.45, 2.75) is 53.6 Å². The van der Waals surface area contributed by atoms with Crippen LogP contribution < -0.4 is 5.32 Å². The van der Waals surface area contributed by atoms with Crippen LogP contribution in [0.15, 0.2) is 0 Å². The van der Waals surface area contributed by atoms with Gasteiger partial charge in [-0.2, -0.15) is 5.10 Å². The third-order valence-electron chi connectivity index (χ3n) is 3.52. The van der Waals surface area contributed by atoms with Gasteiger partial charge in [0.25, 0.3) is 0 Å². The lowest BCUT2D eigenvalue weighted by atomic mass is 10.3. The summed E-state index contributed by atoms with van der Waals surface area (Å²) in [4.78, 5) is 13.2. The summed E-state index contributed by atoms with van der Waals surface area (Å²) < 4.78 is 1.71. The number of nitrogens with zero attached hydrogens (tertiary/aromatic N) is 4. The minimum atomic E-state index is -0.346. The number of anilines is 1. The standard InChI is InChI=1S/C14H27N5O2/c1-6-9-18-14(13(19(20)21)12(5)16-18)15-11(4)10-17(7-2)8-3/h11,15H,6-10H2,1-5H3. The molecule has 1 unspecified atom stereocenters. The fourth-order valence-electron chi connectivity index (χ4n) is 2.46. The molecule has 1 heterocycles. The van der Waals surface area contributed by atoms with Crippen LogP contribution >= 0.6 is 0 Å². The quantitative estimate of drug-likeness (QED) is 0.560. The molecule has 0 fully saturated rings. The average molecular weight is 297 g/mol. The minimum absolute atomic E-state index is 0.0925. The first-order valence-electron chi connectivity index (χ1n) is 7.65. The Kier molecular flexibility index (Phi) is 6.61. The first kappa shape index (κ1) is 17.4. The van der Waals surface area contributed by atoms with E-state index in [2.05, 4.69) is 29.2 Å². The van der Waals surface area contributed by atoms with Crippen LogP contribution in [0.2, 0.25) is 0 Å². The van der Waals surface area contributed by atoms with E-state index < -0.39 is 0 Å². The maximum Gasteiger partial charge on any atom is 0.333 e. The summed E-state index contributed by atoms with van der Waals surface area (Å²) in [5.41, 5.74) is 0.556. The van der Waals surface area contributed by atoms with Crippen molar-refractivity contribution in [2.24, 2.45) is 0 Å². The first-order chi connectivity index (χ1) is 9.94. The highest BCUT2D eigenvalue weighted by atomic mass is 16.6. The zero-order chi connectivity index (χ0) is 16.0. The highest BCUT2D eigenvalue weighted by molar-refractivity contribution is 5.60. The molecular formula is C14H27N5O2. The van der Waals surface area contributed by atoms with Crippen molar-refractivity contribution in [1.82, 2.24) is 14.7 Å². The SMILES string of the molecule is CCCn1nc(C)c([N+](=O)[O-])c1NC(C)CN(CC)CC. The van der Waals surface area contributed by atoms with Gasteiger partial charge in [0.15, 0.2) is 0 Å². The molecule has 0 saturated carbocycles. The van der Waals surface area contributed by atoms with E-state index in [-0.39, 0.29) is 16.7 Å². The van der Waals surface area contributed by atoms with Crippen LogP contribution in [0, 0.1) is 17.0 Å². The van der Waals surface area contributed by atoms with Gasteiger partial charge in [-0.1, -0.05) is 20.8 Å². The summed E-state index contributed by atoms with van der Waals surface area (Å²) in [6.45, 7) is 13.5. The van der Waals surface area contributed by atoms with E-state index >= 15 is 0 Å². The van der Waals surface area contributed by atoms with Crippen molar-refractivity contribution in [3.05, 3.63) is 15.8 Å². The molecule has 0 aliphatic rings. The van der Waals surface area contributed by atoms with Crippen molar-refractivity contribution < 1.29 is 4.92 Å². The summed E-state index contributed by atoms with van der Waals surface area (Å²) in [7, 11) is 0. The molecule has 0 aliphatic carbocycles. The molecular weight excluding hydrogens is 270 g/mol. The molecule has 1 atom stereocenters. The van der Waals surface area contributed by atoms with Crippen LogP contribution in [0.3, 0.4) is 0 Å². The van der Waals surface area contributed by atoms with Gasteiger partial charge in [-0.05, 0) is 33.4 Å². The number of nitro groups is 1. The Morgan fingerprint density at radius 3 is 2.48 bits per heavy atom. The van der Waals surface area contributed by atoms with Crippen molar-refractivity contribution in [1.29, 1.82) is 0 Å². The Hall–Kier alpha value is -1.63. The lowest BCUT2D eigenvalue weighted by Crippen LogP contribution is -2.35. The monoisotopic (exact) mass is 297 g/mol. The topological polar surface area (TPSA) is 76.2 Å². The molecule has 1 aromatic rings. The summed E-state index contributed by atoms with van der Waals surface area (Å²) in [5.74, 6) is 0.527. The van der Waals surface area contributed by atoms with Gasteiger partial charge in [-0.3, -0.25) is 10.1 Å². The molecule has 120 valence electrons. The van der Waals surface area contributed by atoms with Crippen LogP contribution in [0.5, 0.6) is 0 Å². The van der Waals surface area contributed by atoms with Crippen LogP contribution in [-0.2, 0) is 6.54 Å². The smallest absolute Gasteiger partial charge is 0.333 e. The molecule has 0 radical (unpaired) electrons. The van der Waals surface area contributed by atoms with Gasteiger partial charge in [0.1, 0.15) is 5.69 Å². The number of rotatable bonds is 9. The summed E-state index contributed by atoms with van der Waals surface area (Å²) in [5, 5.41) is 18.9. The first-order valence-corrected chi connectivity index (χ1v) is 7.65. The highest BCUT2D eigenvalue weighted by Crippen LogP contribution is 2.29. The Balaban J connectivity index is 2.96. The molecule has 7 heteroatoms. The number of hydrogen-bond acceptors (Lipinski definition) is 5. The Morgan fingerprint density at radius 1 is 1.38 bits per heavy atom. The summed E-state index contributed by atoms with van der Waals surface area (Å²) in [6.07, 6.45) is 0.886. The fourth-order valence-corrected chi connectivity index (χ4v) is 2.46. The van der Waals surface area contributed by atoms with Crippen LogP contribution in [0.4, 0.5) is 11.5 Å². The van der Waals surface area contributed by atoms with E-state index in [1.54, 1.807) is 11.6 Å². The van der Waals surface area contributed by atoms with Crippen LogP contribution in [0.25, 0.3) is 0 Å². The summed E-state index contributed by atoms with van der Waals surface area (Å²) >= 11 is 0. The largest absolute Gasteiger partial charge is 0.361 e. The predicted molar refractivity (Wildman–Crippen MR) is 84.8 cm³/mol. The molecule has 1 rings (SSSR count). The average Bonchev–Trinajstić information content (AvgIpc) is 2.72. The highest BCUT2D eigenvalue weighted by Gasteiger charge is 2.26. The van der Waals surface area contributed by atoms with E-state index in [0.29, 0.717) is 18.1 Å². The van der Waals surface area contributed by atoms with E-state index in [1.807, 2.05) is 13.8 Å². The molecule has 0 aliphatic heterocycles. The lowest BCUT2D eigenvalue weighted by molar-refractivity contribution is -0.384. The molecule has 1 aromatic heterocycles. The van der Waals surface area contributed by atoms with Crippen molar-refractivity contribution in [3.63, 3.8) is 0 Å². The second-order valence-electron chi connectivity index (χ2n) is 5.29. The molecule has 0 spiro atoms. The van der Waals surface area contributed by atoms with Crippen LogP contribution in [0.1, 0.15) is 39.8 Å². The molecule has 0 amide bonds. The molecule has 0 aromatic carbocycles. The Morgan fingerprint density at radius 2 is 2.00 bits per heavy atom. The van der Waals surface area contributed by atoms with Gasteiger partial charge in [-0.15, -0.1) is 0 Å². The zero-order valence-electron chi connectivity index (χ0n) is 13.7. The number of aryl methyl sites for hydroxylation is 2. The van der Waals surface area contributed by atoms with Gasteiger partial charge in [0.2, 0.25) is 5.82 Å². The third kappa shape index (κ3) is 4.42. The van der Waals surface area contributed by atoms with E-state index in [4.69, 9.17) is 0 Å². The number of likely N-dealkylation sites (N-methyl/N-ethyl adjacent to an activating group) is 1. The van der Waals surface area contributed by atoms with E-state index in [9.17, 15) is 10.1 Å². The number of nitrogens with one attached hydrogen (secondary N) is 1. The van der Waals surface area contributed by atoms with Gasteiger partial charge in [-0.25, -0.2) is 4.68 Å². The van der Waals surface area contributed by atoms with Crippen molar-refractivity contribution in [3.8, 4) is 0 Å². The van der Waals surface area contributed by atoms with Gasteiger partial charge in [0.05, 0.1) is 4.92 Å². The van der Waals surface area contributed by atoms with Gasteiger partial charge >= 0.3 is 5.69 Å². The Labute approximate surface area is 126 Å². The zero-order valence-corrected chi connectivity index (χ0v) is 13.7. The van der Waals surface area contributed by atoms with Gasteiger partial charge in [0, 0.05) is 19.1 Å². The summed E-state index contributed by atoms with van der Waals surface area (Å²) in [6, 6.07) is 0.121. The Bertz CT molecular complexity index is 468. The van der Waals surface area contributed by atoms with Crippen LogP contribution in [-0.4, -0.2) is 45.3 Å². The second-order valence-corrected chi connectivity index (χ2v) is 5.29. The number of aromatic nitrogens is 2. The minimum Gasteiger partial charge on any atom is -0.361 e. The lowest BCUT2D eigenvalue weighted by Gasteiger charge is -2.24. The normalized spacial score (nSPS) is 12.7. The van der Waals surface area contributed by atoms with E-state index in [1.165, 1.54) is 0 Å². The molecule has 0 bridgehead atoms. The third-order valence-corrected chi connectivity index (χ3v) is 3.52. The molecule has 21 heavy (non-hydrogen) atoms. The fraction of sp³-hybridized carbons (Fsp3) is 0.786. The number of hydrogen-bond donors (Lipinski definition) is 1. The molecule has 0 saturated heterocycles. The van der Waals surface area contributed by atoms with E-state index in [0.717, 1.165) is 26.1 Å². The van der Waals surface area contributed by atoms with Crippen molar-refractivity contribution in [2.75, 3.05) is 25.0 Å². The maximum atomic E-state index is 11.3. The van der Waals surface area contributed by atoms with Crippen molar-refractivity contribution >= 4 is 11.5 Å². The van der Waals surface area contributed by atoms with Gasteiger partial charge < -0.3 is 10.2 Å². The second kappa shape index (κ2) is 7.97. The molecule has 1 N–H and O–H groups in total. The maximum absolute atomic E-state index is 11.3. The predicted octanol–water partition coefficient (Wildman–Crippen LogP) is 2.65.